The monoisotopic (exact) mass is 430 g/mol. The summed E-state index contributed by atoms with van der Waals surface area (Å²) in [6.45, 7) is 3.79. The first kappa shape index (κ1) is 20.4. The van der Waals surface area contributed by atoms with Gasteiger partial charge in [0.15, 0.2) is 11.5 Å². The minimum atomic E-state index is -0.546. The number of anilines is 1. The molecule has 5 rings (SSSR count). The molecule has 32 heavy (non-hydrogen) atoms. The summed E-state index contributed by atoms with van der Waals surface area (Å²) in [6, 6.07) is 19.3. The maximum absolute atomic E-state index is 13.3. The van der Waals surface area contributed by atoms with E-state index in [0.29, 0.717) is 31.4 Å². The first-order valence-corrected chi connectivity index (χ1v) is 11.1. The van der Waals surface area contributed by atoms with Crippen LogP contribution < -0.4 is 19.5 Å². The number of ether oxygens (including phenoxy) is 3. The summed E-state index contributed by atoms with van der Waals surface area (Å²) in [5, 5.41) is 3.03. The number of nitrogens with zero attached hydrogens (tertiary/aromatic N) is 1. The maximum atomic E-state index is 13.3. The smallest absolute Gasteiger partial charge is 0.236 e. The van der Waals surface area contributed by atoms with Crippen molar-refractivity contribution in [2.75, 3.05) is 25.1 Å². The number of fused-ring (bicyclic) bond motifs is 1. The lowest BCUT2D eigenvalue weighted by molar-refractivity contribution is -0.118. The number of carbonyl (C=O) groups is 1. The van der Waals surface area contributed by atoms with E-state index in [9.17, 15) is 4.79 Å². The van der Waals surface area contributed by atoms with Crippen LogP contribution in [-0.4, -0.2) is 30.7 Å². The summed E-state index contributed by atoms with van der Waals surface area (Å²) < 4.78 is 17.2. The largest absolute Gasteiger partial charge is 0.493 e. The van der Waals surface area contributed by atoms with Gasteiger partial charge in [-0.05, 0) is 61.2 Å². The minimum absolute atomic E-state index is 0.0469. The predicted octanol–water partition coefficient (Wildman–Crippen LogP) is 4.98. The van der Waals surface area contributed by atoms with Crippen LogP contribution in [0.25, 0.3) is 11.3 Å². The lowest BCUT2D eigenvalue weighted by atomic mass is 9.94. The molecule has 1 amide bonds. The van der Waals surface area contributed by atoms with Crippen molar-refractivity contribution in [2.45, 2.75) is 31.6 Å². The Morgan fingerprint density at radius 1 is 1.03 bits per heavy atom. The highest BCUT2D eigenvalue weighted by Crippen LogP contribution is 2.50. The average Bonchev–Trinajstić information content (AvgIpc) is 3.65. The number of nitrogens with one attached hydrogen (secondary N) is 1. The van der Waals surface area contributed by atoms with Crippen LogP contribution in [0.3, 0.4) is 0 Å². The molecule has 2 aromatic carbocycles. The number of carbonyl (C=O) groups excluding carboxylic acids is 1. The number of aromatic nitrogens is 1. The third-order valence-corrected chi connectivity index (χ3v) is 5.89. The highest BCUT2D eigenvalue weighted by atomic mass is 16.6. The summed E-state index contributed by atoms with van der Waals surface area (Å²) >= 11 is 0. The van der Waals surface area contributed by atoms with Gasteiger partial charge >= 0.3 is 0 Å². The van der Waals surface area contributed by atoms with Gasteiger partial charge in [-0.15, -0.1) is 0 Å². The number of pyridine rings is 1. The molecule has 3 aromatic rings. The first-order chi connectivity index (χ1) is 15.7. The molecule has 0 radical (unpaired) electrons. The Balaban J connectivity index is 1.37. The van der Waals surface area contributed by atoms with Crippen molar-refractivity contribution in [3.63, 3.8) is 0 Å². The second kappa shape index (κ2) is 8.54. The van der Waals surface area contributed by atoms with Crippen LogP contribution in [0.2, 0.25) is 0 Å². The van der Waals surface area contributed by atoms with Crippen LogP contribution >= 0.6 is 0 Å². The zero-order valence-corrected chi connectivity index (χ0v) is 18.1. The summed E-state index contributed by atoms with van der Waals surface area (Å²) in [5.41, 5.74) is 2.08. The molecule has 164 valence electrons. The third-order valence-electron chi connectivity index (χ3n) is 5.89. The first-order valence-electron chi connectivity index (χ1n) is 11.1. The topological polar surface area (TPSA) is 69.7 Å². The molecule has 1 aliphatic heterocycles. The Labute approximate surface area is 187 Å². The second-order valence-corrected chi connectivity index (χ2v) is 8.15. The van der Waals surface area contributed by atoms with Gasteiger partial charge in [-0.2, -0.15) is 0 Å². The molecule has 0 spiro atoms. The maximum Gasteiger partial charge on any atom is 0.236 e. The van der Waals surface area contributed by atoms with Crippen molar-refractivity contribution >= 4 is 11.7 Å². The van der Waals surface area contributed by atoms with Gasteiger partial charge in [0, 0.05) is 5.56 Å². The molecule has 0 unspecified atom stereocenters. The fourth-order valence-electron chi connectivity index (χ4n) is 4.02. The number of hydrogen-bond acceptors (Lipinski definition) is 5. The molecular weight excluding hydrogens is 404 g/mol. The molecule has 1 saturated carbocycles. The number of rotatable bonds is 7. The van der Waals surface area contributed by atoms with E-state index >= 15 is 0 Å². The van der Waals surface area contributed by atoms with E-state index in [2.05, 4.69) is 12.2 Å². The zero-order chi connectivity index (χ0) is 22.0. The Hall–Kier alpha value is -3.54. The van der Waals surface area contributed by atoms with E-state index in [1.54, 1.807) is 0 Å². The van der Waals surface area contributed by atoms with E-state index in [0.717, 1.165) is 47.6 Å². The molecule has 2 heterocycles. The van der Waals surface area contributed by atoms with Crippen LogP contribution in [0.15, 0.2) is 60.7 Å². The van der Waals surface area contributed by atoms with Crippen molar-refractivity contribution in [1.82, 2.24) is 4.98 Å². The van der Waals surface area contributed by atoms with Crippen LogP contribution in [0.1, 0.15) is 31.7 Å². The zero-order valence-electron chi connectivity index (χ0n) is 18.1. The van der Waals surface area contributed by atoms with Gasteiger partial charge in [0.2, 0.25) is 5.91 Å². The van der Waals surface area contributed by atoms with E-state index < -0.39 is 5.41 Å². The lowest BCUT2D eigenvalue weighted by Crippen LogP contribution is -2.28. The van der Waals surface area contributed by atoms with Gasteiger partial charge in [0.25, 0.3) is 0 Å². The average molecular weight is 431 g/mol. The molecule has 1 fully saturated rings. The molecular formula is C26H26N2O4. The molecule has 1 aliphatic carbocycles. The van der Waals surface area contributed by atoms with Crippen LogP contribution in [-0.2, 0) is 10.2 Å². The summed E-state index contributed by atoms with van der Waals surface area (Å²) in [4.78, 5) is 18.0. The molecule has 1 N–H and O–H groups in total. The van der Waals surface area contributed by atoms with Gasteiger partial charge in [-0.25, -0.2) is 4.98 Å². The number of benzene rings is 2. The fraction of sp³-hybridized carbons (Fsp3) is 0.308. The van der Waals surface area contributed by atoms with Gasteiger partial charge < -0.3 is 19.5 Å². The van der Waals surface area contributed by atoms with Crippen molar-refractivity contribution < 1.29 is 19.0 Å². The molecule has 1 aromatic heterocycles. The van der Waals surface area contributed by atoms with E-state index in [1.165, 1.54) is 0 Å². The molecule has 6 heteroatoms. The van der Waals surface area contributed by atoms with Crippen molar-refractivity contribution in [3.8, 4) is 28.5 Å². The number of para-hydroxylation sites is 1. The third kappa shape index (κ3) is 3.88. The van der Waals surface area contributed by atoms with Crippen molar-refractivity contribution in [2.24, 2.45) is 0 Å². The van der Waals surface area contributed by atoms with Gasteiger partial charge in [0.05, 0.1) is 17.7 Å². The number of hydrogen-bond donors (Lipinski definition) is 1. The standard InChI is InChI=1S/C26H26N2O4/c1-2-14-30-21-8-4-3-6-19(21)20-7-5-9-24(27-20)28-25(29)26(12-13-26)18-10-11-22-23(17-18)32-16-15-31-22/h3-11,17H,2,12-16H2,1H3,(H,27,28,29). The van der Waals surface area contributed by atoms with Crippen molar-refractivity contribution in [1.29, 1.82) is 0 Å². The summed E-state index contributed by atoms with van der Waals surface area (Å²) in [6.07, 6.45) is 2.53. The highest BCUT2D eigenvalue weighted by Gasteiger charge is 2.51. The Morgan fingerprint density at radius 3 is 2.66 bits per heavy atom. The Bertz CT molecular complexity index is 1140. The predicted molar refractivity (Wildman–Crippen MR) is 122 cm³/mol. The molecule has 0 saturated heterocycles. The van der Waals surface area contributed by atoms with Crippen LogP contribution in [0, 0.1) is 0 Å². The fourth-order valence-corrected chi connectivity index (χ4v) is 4.02. The number of amides is 1. The van der Waals surface area contributed by atoms with E-state index in [4.69, 9.17) is 19.2 Å². The quantitative estimate of drug-likeness (QED) is 0.573. The molecule has 6 nitrogen and oxygen atoms in total. The second-order valence-electron chi connectivity index (χ2n) is 8.15. The molecule has 2 aliphatic rings. The Morgan fingerprint density at radius 2 is 1.84 bits per heavy atom. The van der Waals surface area contributed by atoms with Crippen LogP contribution in [0.4, 0.5) is 5.82 Å². The van der Waals surface area contributed by atoms with E-state index in [-0.39, 0.29) is 5.91 Å². The van der Waals surface area contributed by atoms with E-state index in [1.807, 2.05) is 60.7 Å². The minimum Gasteiger partial charge on any atom is -0.493 e. The molecule has 0 bridgehead atoms. The SMILES string of the molecule is CCCOc1ccccc1-c1cccc(NC(=O)C2(c3ccc4c(c3)OCCO4)CC2)n1. The normalized spacial score (nSPS) is 15.7. The Kier molecular flexibility index (Phi) is 5.43. The van der Waals surface area contributed by atoms with Crippen LogP contribution in [0.5, 0.6) is 17.2 Å². The highest BCUT2D eigenvalue weighted by molar-refractivity contribution is 6.01. The lowest BCUT2D eigenvalue weighted by Gasteiger charge is -2.21. The molecule has 0 atom stereocenters. The van der Waals surface area contributed by atoms with Gasteiger partial charge in [-0.1, -0.05) is 31.2 Å². The summed E-state index contributed by atoms with van der Waals surface area (Å²) in [5.74, 6) is 2.71. The van der Waals surface area contributed by atoms with Crippen molar-refractivity contribution in [3.05, 3.63) is 66.2 Å². The summed E-state index contributed by atoms with van der Waals surface area (Å²) in [7, 11) is 0. The van der Waals surface area contributed by atoms with Gasteiger partial charge in [0.1, 0.15) is 24.8 Å². The van der Waals surface area contributed by atoms with Gasteiger partial charge in [-0.3, -0.25) is 4.79 Å².